The Hall–Kier alpha value is -1.90. The third-order valence-electron chi connectivity index (χ3n) is 2.36. The number of benzene rings is 2. The molecule has 0 amide bonds. The standard InChI is InChI=1S/C12H12O3/c1-14-11-5-3-4-8-6-10(13)12(15-2)7-9(8)11/h3-7,13H,1-2H3. The van der Waals surface area contributed by atoms with Gasteiger partial charge >= 0.3 is 0 Å². The summed E-state index contributed by atoms with van der Waals surface area (Å²) in [6, 6.07) is 9.10. The highest BCUT2D eigenvalue weighted by Gasteiger charge is 2.07. The number of aromatic hydroxyl groups is 1. The summed E-state index contributed by atoms with van der Waals surface area (Å²) in [5.41, 5.74) is 0. The Balaban J connectivity index is 2.76. The van der Waals surface area contributed by atoms with Gasteiger partial charge in [-0.05, 0) is 23.6 Å². The quantitative estimate of drug-likeness (QED) is 0.817. The van der Waals surface area contributed by atoms with E-state index in [1.165, 1.54) is 7.11 Å². The van der Waals surface area contributed by atoms with Gasteiger partial charge in [-0.1, -0.05) is 12.1 Å². The first-order valence-corrected chi connectivity index (χ1v) is 4.60. The molecule has 0 heterocycles. The van der Waals surface area contributed by atoms with Crippen LogP contribution in [0.5, 0.6) is 17.2 Å². The van der Waals surface area contributed by atoms with Crippen LogP contribution in [0.15, 0.2) is 30.3 Å². The van der Waals surface area contributed by atoms with Crippen molar-refractivity contribution in [2.75, 3.05) is 14.2 Å². The Morgan fingerprint density at radius 2 is 1.73 bits per heavy atom. The van der Waals surface area contributed by atoms with Crippen molar-refractivity contribution in [3.05, 3.63) is 30.3 Å². The average molecular weight is 204 g/mol. The van der Waals surface area contributed by atoms with Gasteiger partial charge in [-0.2, -0.15) is 0 Å². The fourth-order valence-electron chi connectivity index (χ4n) is 1.61. The summed E-state index contributed by atoms with van der Waals surface area (Å²) in [5.74, 6) is 1.36. The van der Waals surface area contributed by atoms with Crippen LogP contribution in [-0.2, 0) is 0 Å². The van der Waals surface area contributed by atoms with Gasteiger partial charge in [0, 0.05) is 5.39 Å². The minimum atomic E-state index is 0.137. The van der Waals surface area contributed by atoms with Gasteiger partial charge < -0.3 is 14.6 Å². The van der Waals surface area contributed by atoms with Crippen LogP contribution in [0.3, 0.4) is 0 Å². The van der Waals surface area contributed by atoms with Crippen LogP contribution in [0.4, 0.5) is 0 Å². The van der Waals surface area contributed by atoms with Crippen molar-refractivity contribution in [1.29, 1.82) is 0 Å². The fourth-order valence-corrected chi connectivity index (χ4v) is 1.61. The van der Waals surface area contributed by atoms with Crippen LogP contribution in [0.25, 0.3) is 10.8 Å². The second-order valence-electron chi connectivity index (χ2n) is 3.21. The van der Waals surface area contributed by atoms with E-state index >= 15 is 0 Å². The molecule has 3 nitrogen and oxygen atoms in total. The van der Waals surface area contributed by atoms with Crippen LogP contribution in [0.1, 0.15) is 0 Å². The summed E-state index contributed by atoms with van der Waals surface area (Å²) in [5, 5.41) is 11.5. The number of phenolic OH excluding ortho intramolecular Hbond substituents is 1. The Morgan fingerprint density at radius 1 is 1.00 bits per heavy atom. The number of phenols is 1. The predicted molar refractivity (Wildman–Crippen MR) is 58.7 cm³/mol. The van der Waals surface area contributed by atoms with Crippen LogP contribution in [0, 0.1) is 0 Å². The van der Waals surface area contributed by atoms with Crippen molar-refractivity contribution in [1.82, 2.24) is 0 Å². The Morgan fingerprint density at radius 3 is 2.40 bits per heavy atom. The van der Waals surface area contributed by atoms with Crippen molar-refractivity contribution in [3.63, 3.8) is 0 Å². The van der Waals surface area contributed by atoms with E-state index < -0.39 is 0 Å². The van der Waals surface area contributed by atoms with Crippen LogP contribution >= 0.6 is 0 Å². The van der Waals surface area contributed by atoms with E-state index in [-0.39, 0.29) is 5.75 Å². The number of hydrogen-bond acceptors (Lipinski definition) is 3. The Kier molecular flexibility index (Phi) is 2.37. The Bertz CT molecular complexity index is 491. The summed E-state index contributed by atoms with van der Waals surface area (Å²) < 4.78 is 10.3. The lowest BCUT2D eigenvalue weighted by molar-refractivity contribution is 0.374. The molecule has 2 rings (SSSR count). The molecule has 0 bridgehead atoms. The molecule has 0 saturated heterocycles. The molecule has 0 atom stereocenters. The second-order valence-corrected chi connectivity index (χ2v) is 3.21. The third-order valence-corrected chi connectivity index (χ3v) is 2.36. The Labute approximate surface area is 87.9 Å². The molecular weight excluding hydrogens is 192 g/mol. The highest BCUT2D eigenvalue weighted by Crippen LogP contribution is 2.35. The van der Waals surface area contributed by atoms with E-state index in [9.17, 15) is 5.11 Å². The molecule has 0 saturated carbocycles. The van der Waals surface area contributed by atoms with E-state index in [4.69, 9.17) is 9.47 Å². The van der Waals surface area contributed by atoms with E-state index in [2.05, 4.69) is 0 Å². The van der Waals surface area contributed by atoms with Gasteiger partial charge in [0.25, 0.3) is 0 Å². The lowest BCUT2D eigenvalue weighted by Gasteiger charge is -2.08. The van der Waals surface area contributed by atoms with E-state index in [0.717, 1.165) is 16.5 Å². The normalized spacial score (nSPS) is 10.3. The highest BCUT2D eigenvalue weighted by molar-refractivity contribution is 5.91. The largest absolute Gasteiger partial charge is 0.504 e. The summed E-state index contributed by atoms with van der Waals surface area (Å²) in [6.07, 6.45) is 0. The van der Waals surface area contributed by atoms with Crippen LogP contribution in [-0.4, -0.2) is 19.3 Å². The molecule has 0 unspecified atom stereocenters. The van der Waals surface area contributed by atoms with Gasteiger partial charge in [-0.15, -0.1) is 0 Å². The molecule has 0 aliphatic rings. The van der Waals surface area contributed by atoms with E-state index in [0.29, 0.717) is 5.75 Å². The maximum atomic E-state index is 9.61. The molecular formula is C12H12O3. The fraction of sp³-hybridized carbons (Fsp3) is 0.167. The molecule has 0 radical (unpaired) electrons. The van der Waals surface area contributed by atoms with Gasteiger partial charge in [-0.25, -0.2) is 0 Å². The van der Waals surface area contributed by atoms with Gasteiger partial charge in [-0.3, -0.25) is 0 Å². The SMILES string of the molecule is COc1cc2c(OC)cccc2cc1O. The molecule has 3 heteroatoms. The first-order chi connectivity index (χ1) is 7.26. The first-order valence-electron chi connectivity index (χ1n) is 4.60. The van der Waals surface area contributed by atoms with Crippen LogP contribution in [0.2, 0.25) is 0 Å². The van der Waals surface area contributed by atoms with Crippen molar-refractivity contribution >= 4 is 10.8 Å². The van der Waals surface area contributed by atoms with Crippen molar-refractivity contribution in [2.24, 2.45) is 0 Å². The van der Waals surface area contributed by atoms with Crippen molar-refractivity contribution in [2.45, 2.75) is 0 Å². The van der Waals surface area contributed by atoms with E-state index in [1.54, 1.807) is 19.2 Å². The molecule has 0 fully saturated rings. The minimum absolute atomic E-state index is 0.137. The molecule has 0 aliphatic carbocycles. The topological polar surface area (TPSA) is 38.7 Å². The summed E-state index contributed by atoms with van der Waals surface area (Å²) in [7, 11) is 3.14. The molecule has 15 heavy (non-hydrogen) atoms. The minimum Gasteiger partial charge on any atom is -0.504 e. The molecule has 78 valence electrons. The van der Waals surface area contributed by atoms with Gasteiger partial charge in [0.15, 0.2) is 11.5 Å². The van der Waals surface area contributed by atoms with Crippen molar-refractivity contribution in [3.8, 4) is 17.2 Å². The summed E-state index contributed by atoms with van der Waals surface area (Å²) >= 11 is 0. The zero-order valence-corrected chi connectivity index (χ0v) is 8.65. The van der Waals surface area contributed by atoms with Gasteiger partial charge in [0.2, 0.25) is 0 Å². The third kappa shape index (κ3) is 1.56. The predicted octanol–water partition coefficient (Wildman–Crippen LogP) is 2.56. The maximum absolute atomic E-state index is 9.61. The summed E-state index contributed by atoms with van der Waals surface area (Å²) in [4.78, 5) is 0. The monoisotopic (exact) mass is 204 g/mol. The zero-order chi connectivity index (χ0) is 10.8. The number of ether oxygens (including phenoxy) is 2. The molecule has 1 N–H and O–H groups in total. The second kappa shape index (κ2) is 3.69. The number of hydrogen-bond donors (Lipinski definition) is 1. The maximum Gasteiger partial charge on any atom is 0.161 e. The first kappa shape index (κ1) is 9.65. The van der Waals surface area contributed by atoms with Gasteiger partial charge in [0.05, 0.1) is 14.2 Å². The molecule has 0 aliphatic heterocycles. The molecule has 0 aromatic heterocycles. The average Bonchev–Trinajstić information content (AvgIpc) is 2.27. The zero-order valence-electron chi connectivity index (χ0n) is 8.65. The van der Waals surface area contributed by atoms with Crippen molar-refractivity contribution < 1.29 is 14.6 Å². The lowest BCUT2D eigenvalue weighted by Crippen LogP contribution is -1.87. The summed E-state index contributed by atoms with van der Waals surface area (Å²) in [6.45, 7) is 0. The number of rotatable bonds is 2. The lowest BCUT2D eigenvalue weighted by atomic mass is 10.1. The highest BCUT2D eigenvalue weighted by atomic mass is 16.5. The smallest absolute Gasteiger partial charge is 0.161 e. The molecule has 2 aromatic rings. The van der Waals surface area contributed by atoms with Gasteiger partial charge in [0.1, 0.15) is 5.75 Å². The number of fused-ring (bicyclic) bond motifs is 1. The molecule has 0 spiro atoms. The number of methoxy groups -OCH3 is 2. The molecule has 2 aromatic carbocycles. The van der Waals surface area contributed by atoms with E-state index in [1.807, 2.05) is 18.2 Å². The van der Waals surface area contributed by atoms with Crippen LogP contribution < -0.4 is 9.47 Å².